The summed E-state index contributed by atoms with van der Waals surface area (Å²) < 4.78 is 21.7. The molecule has 6 nitrogen and oxygen atoms in total. The number of rotatable bonds is 4. The van der Waals surface area contributed by atoms with Gasteiger partial charge in [-0.3, -0.25) is 9.98 Å². The van der Waals surface area contributed by atoms with Gasteiger partial charge < -0.3 is 5.11 Å². The highest BCUT2D eigenvalue weighted by atomic mass is 32.2. The molecule has 7 heteroatoms. The first-order valence-corrected chi connectivity index (χ1v) is 6.64. The Balaban J connectivity index is 2.30. The lowest BCUT2D eigenvalue weighted by Gasteiger charge is -2.22. The lowest BCUT2D eigenvalue weighted by molar-refractivity contribution is 0.477. The second-order valence-electron chi connectivity index (χ2n) is 3.82. The number of nitrogens with one attached hydrogen (secondary N) is 1. The van der Waals surface area contributed by atoms with Crippen molar-refractivity contribution in [3.63, 3.8) is 0 Å². The summed E-state index contributed by atoms with van der Waals surface area (Å²) in [5.41, 5.74) is 3.61. The largest absolute Gasteiger partial charge is 0.506 e. The van der Waals surface area contributed by atoms with Crippen LogP contribution in [0.1, 0.15) is 5.56 Å². The van der Waals surface area contributed by atoms with E-state index in [0.29, 0.717) is 11.3 Å². The fourth-order valence-electron chi connectivity index (χ4n) is 1.56. The van der Waals surface area contributed by atoms with Crippen LogP contribution in [-0.2, 0) is 11.3 Å². The zero-order valence-electron chi connectivity index (χ0n) is 10.2. The molecule has 1 unspecified atom stereocenters. The maximum Gasteiger partial charge on any atom is 0.281 e. The van der Waals surface area contributed by atoms with Gasteiger partial charge in [0.1, 0.15) is 5.75 Å². The van der Waals surface area contributed by atoms with Crippen LogP contribution in [-0.4, -0.2) is 13.9 Å². The van der Waals surface area contributed by atoms with E-state index in [0.717, 1.165) is 4.41 Å². The Morgan fingerprint density at radius 3 is 2.45 bits per heavy atom. The number of phenolic OH excluding ortho intramolecular Hbond substituents is 1. The van der Waals surface area contributed by atoms with Crippen LogP contribution in [0.3, 0.4) is 0 Å². The molecule has 0 saturated carbocycles. The number of hydrogen-bond acceptors (Lipinski definition) is 4. The molecule has 0 heterocycles. The Hall–Kier alpha value is -2.56. The molecule has 0 radical (unpaired) electrons. The number of nitriles is 1. The predicted octanol–water partition coefficient (Wildman–Crippen LogP) is 2.23. The van der Waals surface area contributed by atoms with Crippen LogP contribution in [0, 0.1) is 11.3 Å². The van der Waals surface area contributed by atoms with Crippen molar-refractivity contribution in [2.24, 2.45) is 0 Å². The van der Waals surface area contributed by atoms with E-state index < -0.39 is 11.3 Å². The minimum atomic E-state index is -2.32. The number of para-hydroxylation sites is 1. The van der Waals surface area contributed by atoms with Gasteiger partial charge in [-0.1, -0.05) is 18.2 Å². The van der Waals surface area contributed by atoms with E-state index in [9.17, 15) is 13.9 Å². The van der Waals surface area contributed by atoms with E-state index in [1.807, 2.05) is 6.07 Å². The van der Waals surface area contributed by atoms with Crippen molar-refractivity contribution in [1.29, 1.82) is 5.26 Å². The molecule has 2 aromatic rings. The Kier molecular flexibility index (Phi) is 4.20. The molecular weight excluding hydrogens is 278 g/mol. The highest BCUT2D eigenvalue weighted by Crippen LogP contribution is 2.26. The van der Waals surface area contributed by atoms with Crippen LogP contribution in [0.5, 0.6) is 5.75 Å². The second kappa shape index (κ2) is 6.06. The average molecular weight is 289 g/mol. The molecule has 2 rings (SSSR count). The first-order chi connectivity index (χ1) is 9.61. The van der Waals surface area contributed by atoms with Gasteiger partial charge in [0.05, 0.1) is 23.0 Å². The molecule has 0 aliphatic carbocycles. The van der Waals surface area contributed by atoms with Gasteiger partial charge in [0, 0.05) is 0 Å². The molecule has 20 heavy (non-hydrogen) atoms. The minimum absolute atomic E-state index is 0.185. The summed E-state index contributed by atoms with van der Waals surface area (Å²) in [6.07, 6.45) is 0. The zero-order valence-corrected chi connectivity index (χ0v) is 11.0. The van der Waals surface area contributed by atoms with Crippen LogP contribution in [0.25, 0.3) is 0 Å². The summed E-state index contributed by atoms with van der Waals surface area (Å²) in [6, 6.07) is 14.6. The molecule has 102 valence electrons. The Labute approximate surface area is 118 Å². The number of phenols is 1. The second-order valence-corrected chi connectivity index (χ2v) is 4.64. The van der Waals surface area contributed by atoms with Crippen molar-refractivity contribution in [3.05, 3.63) is 54.1 Å². The Morgan fingerprint density at radius 1 is 1.20 bits per heavy atom. The fourth-order valence-corrected chi connectivity index (χ4v) is 2.04. The van der Waals surface area contributed by atoms with Crippen LogP contribution in [0.15, 0.2) is 48.5 Å². The quantitative estimate of drug-likeness (QED) is 0.455. The highest BCUT2D eigenvalue weighted by Gasteiger charge is 2.14. The van der Waals surface area contributed by atoms with Gasteiger partial charge in [-0.05, 0) is 30.3 Å². The molecular formula is C13H11N3O3S. The van der Waals surface area contributed by atoms with Crippen LogP contribution in [0.4, 0.5) is 11.4 Å². The molecule has 1 atom stereocenters. The summed E-state index contributed by atoms with van der Waals surface area (Å²) in [5.74, 6) is -0.185. The van der Waals surface area contributed by atoms with Gasteiger partial charge in [0.25, 0.3) is 11.3 Å². The maximum atomic E-state index is 11.4. The van der Waals surface area contributed by atoms with Gasteiger partial charge in [-0.15, -0.1) is 0 Å². The molecule has 3 N–H and O–H groups in total. The van der Waals surface area contributed by atoms with Gasteiger partial charge in [-0.25, -0.2) is 4.21 Å². The van der Waals surface area contributed by atoms with Gasteiger partial charge >= 0.3 is 0 Å². The Morgan fingerprint density at radius 2 is 1.90 bits per heavy atom. The number of hydrogen-bond donors (Lipinski definition) is 3. The molecule has 0 saturated heterocycles. The molecule has 2 aromatic carbocycles. The first kappa shape index (κ1) is 13.9. The third-order valence-corrected chi connectivity index (χ3v) is 3.11. The van der Waals surface area contributed by atoms with Crippen LogP contribution < -0.4 is 9.84 Å². The van der Waals surface area contributed by atoms with Crippen molar-refractivity contribution in [3.8, 4) is 11.8 Å². The monoisotopic (exact) mass is 289 g/mol. The third kappa shape index (κ3) is 3.06. The standard InChI is InChI=1S/C13H11N3O3S/c14-9-10-6-7-12(13(17)8-10)15-16(20(18)19)11-4-2-1-3-5-11/h1-8,15,17H,(H,18,19). The molecule has 0 spiro atoms. The van der Waals surface area contributed by atoms with Gasteiger partial charge in [0.2, 0.25) is 0 Å². The SMILES string of the molecule is N#Cc1ccc(NN(c2ccccc2)S(=O)O)c(O)c1. The smallest absolute Gasteiger partial charge is 0.281 e. The number of benzene rings is 2. The van der Waals surface area contributed by atoms with Crippen LogP contribution in [0.2, 0.25) is 0 Å². The molecule has 0 amide bonds. The lowest BCUT2D eigenvalue weighted by Crippen LogP contribution is -2.31. The predicted molar refractivity (Wildman–Crippen MR) is 76.1 cm³/mol. The summed E-state index contributed by atoms with van der Waals surface area (Å²) in [6.45, 7) is 0. The third-order valence-electron chi connectivity index (χ3n) is 2.50. The van der Waals surface area contributed by atoms with Gasteiger partial charge in [0.15, 0.2) is 0 Å². The number of anilines is 2. The normalized spacial score (nSPS) is 11.4. The minimum Gasteiger partial charge on any atom is -0.506 e. The van der Waals surface area contributed by atoms with Crippen molar-refractivity contribution in [2.45, 2.75) is 0 Å². The summed E-state index contributed by atoms with van der Waals surface area (Å²) >= 11 is -2.32. The molecule has 0 aliphatic heterocycles. The fraction of sp³-hybridized carbons (Fsp3) is 0. The molecule has 0 aliphatic rings. The van der Waals surface area contributed by atoms with Gasteiger partial charge in [-0.2, -0.15) is 9.68 Å². The Bertz CT molecular complexity index is 670. The van der Waals surface area contributed by atoms with E-state index in [2.05, 4.69) is 5.43 Å². The summed E-state index contributed by atoms with van der Waals surface area (Å²) in [4.78, 5) is 0. The van der Waals surface area contributed by atoms with Crippen molar-refractivity contribution >= 4 is 22.6 Å². The zero-order chi connectivity index (χ0) is 14.5. The topological polar surface area (TPSA) is 96.6 Å². The molecule has 0 bridgehead atoms. The van der Waals surface area contributed by atoms with E-state index in [1.165, 1.54) is 18.2 Å². The summed E-state index contributed by atoms with van der Waals surface area (Å²) in [7, 11) is 0. The molecule has 0 aromatic heterocycles. The van der Waals surface area contributed by atoms with Crippen molar-refractivity contribution in [1.82, 2.24) is 0 Å². The number of aromatic hydroxyl groups is 1. The van der Waals surface area contributed by atoms with Crippen LogP contribution >= 0.6 is 0 Å². The first-order valence-electron chi connectivity index (χ1n) is 5.57. The summed E-state index contributed by atoms with van der Waals surface area (Å²) in [5, 5.41) is 18.5. The highest BCUT2D eigenvalue weighted by molar-refractivity contribution is 7.80. The maximum absolute atomic E-state index is 11.4. The van der Waals surface area contributed by atoms with Crippen molar-refractivity contribution < 1.29 is 13.9 Å². The van der Waals surface area contributed by atoms with E-state index in [1.54, 1.807) is 30.3 Å². The lowest BCUT2D eigenvalue weighted by atomic mass is 10.2. The number of hydrazine groups is 1. The average Bonchev–Trinajstić information content (AvgIpc) is 2.46. The van der Waals surface area contributed by atoms with E-state index in [-0.39, 0.29) is 11.4 Å². The number of nitrogens with zero attached hydrogens (tertiary/aromatic N) is 2. The van der Waals surface area contributed by atoms with Crippen molar-refractivity contribution in [2.75, 3.05) is 9.84 Å². The van der Waals surface area contributed by atoms with E-state index in [4.69, 9.17) is 5.26 Å². The molecule has 0 fully saturated rings. The van der Waals surface area contributed by atoms with E-state index >= 15 is 0 Å².